The molecule has 0 saturated heterocycles. The van der Waals surface area contributed by atoms with Gasteiger partial charge in [-0.15, -0.1) is 0 Å². The summed E-state index contributed by atoms with van der Waals surface area (Å²) in [6.07, 6.45) is 3.76. The van der Waals surface area contributed by atoms with Crippen LogP contribution in [0.25, 0.3) is 71.0 Å². The van der Waals surface area contributed by atoms with Gasteiger partial charge in [-0.25, -0.2) is 9.97 Å². The molecule has 0 fully saturated rings. The predicted molar refractivity (Wildman–Crippen MR) is 187 cm³/mol. The number of nitrogens with zero attached hydrogens (tertiary/aromatic N) is 3. The van der Waals surface area contributed by atoms with Gasteiger partial charge in [-0.05, 0) is 69.5 Å². The Morgan fingerprint density at radius 3 is 2.23 bits per heavy atom. The van der Waals surface area contributed by atoms with Gasteiger partial charge in [0.2, 0.25) is 0 Å². The minimum atomic E-state index is 0.0986. The van der Waals surface area contributed by atoms with Gasteiger partial charge in [0.15, 0.2) is 0 Å². The zero-order valence-corrected chi connectivity index (χ0v) is 25.9. The van der Waals surface area contributed by atoms with Gasteiger partial charge in [0, 0.05) is 16.2 Å². The van der Waals surface area contributed by atoms with Crippen LogP contribution < -0.4 is 0 Å². The third-order valence-electron chi connectivity index (χ3n) is 8.83. The fourth-order valence-corrected chi connectivity index (χ4v) is 7.37. The molecule has 0 aliphatic rings. The summed E-state index contributed by atoms with van der Waals surface area (Å²) in [7, 11) is 2.35. The molecule has 0 spiro atoms. The first kappa shape index (κ1) is 26.2. The molecule has 4 heteroatoms. The topological polar surface area (TPSA) is 30.2 Å². The lowest BCUT2D eigenvalue weighted by atomic mass is 9.68. The van der Waals surface area contributed by atoms with E-state index < -0.39 is 0 Å². The van der Waals surface area contributed by atoms with Crippen molar-refractivity contribution >= 4 is 67.7 Å². The fourth-order valence-electron chi connectivity index (χ4n) is 7.37. The SMILES string of the molecule is BC(C)(C)Cc1c2ccc(CC(C)(C)C)cc2cc2c3ncnc4cc(-c5ccccc5)c5c6ccccc6n(c12)c5c43. The molecule has 0 bridgehead atoms. The molecule has 210 valence electrons. The van der Waals surface area contributed by atoms with Crippen LogP contribution in [0.15, 0.2) is 91.3 Å². The van der Waals surface area contributed by atoms with Gasteiger partial charge in [-0.2, -0.15) is 0 Å². The molecule has 0 atom stereocenters. The lowest BCUT2D eigenvalue weighted by Crippen LogP contribution is -2.10. The zero-order chi connectivity index (χ0) is 29.7. The van der Waals surface area contributed by atoms with Crippen molar-refractivity contribution in [2.45, 2.75) is 52.8 Å². The number of para-hydroxylation sites is 1. The standard InChI is InChI=1S/C39H36BN3/c1-38(2,3)20-23-15-16-26-25(17-23)18-29-35-34-31(41-22-42-35)19-28(24-11-7-6-8-12-24)33-27-13-9-10-14-32(27)43(37(33)34)36(29)30(26)21-39(4,5)40/h6-19,22H,20-21,40H2,1-5H3. The summed E-state index contributed by atoms with van der Waals surface area (Å²) >= 11 is 0. The van der Waals surface area contributed by atoms with Crippen molar-refractivity contribution in [2.24, 2.45) is 5.41 Å². The largest absolute Gasteiger partial charge is 0.307 e. The number of pyridine rings is 1. The Hall–Kier alpha value is -4.44. The van der Waals surface area contributed by atoms with E-state index in [4.69, 9.17) is 9.97 Å². The van der Waals surface area contributed by atoms with Crippen LogP contribution in [0.3, 0.4) is 0 Å². The summed E-state index contributed by atoms with van der Waals surface area (Å²) in [4.78, 5) is 9.91. The Morgan fingerprint density at radius 1 is 0.698 bits per heavy atom. The molecular formula is C39H36BN3. The van der Waals surface area contributed by atoms with E-state index in [9.17, 15) is 0 Å². The maximum Gasteiger partial charge on any atom is 0.116 e. The number of hydrogen-bond acceptors (Lipinski definition) is 2. The number of hydrogen-bond donors (Lipinski definition) is 0. The molecule has 0 aliphatic carbocycles. The van der Waals surface area contributed by atoms with Gasteiger partial charge in [0.25, 0.3) is 0 Å². The van der Waals surface area contributed by atoms with Gasteiger partial charge < -0.3 is 4.40 Å². The van der Waals surface area contributed by atoms with Crippen molar-refractivity contribution in [2.75, 3.05) is 0 Å². The molecule has 0 aliphatic heterocycles. The first-order valence-electron chi connectivity index (χ1n) is 15.4. The minimum Gasteiger partial charge on any atom is -0.307 e. The Bertz CT molecular complexity index is 2350. The van der Waals surface area contributed by atoms with Gasteiger partial charge in [0.1, 0.15) is 14.2 Å². The molecule has 8 aromatic rings. The smallest absolute Gasteiger partial charge is 0.116 e. The van der Waals surface area contributed by atoms with Crippen LogP contribution in [0.1, 0.15) is 45.7 Å². The third kappa shape index (κ3) is 4.11. The average molecular weight is 558 g/mol. The van der Waals surface area contributed by atoms with E-state index in [0.717, 1.165) is 29.3 Å². The second-order valence-electron chi connectivity index (χ2n) is 14.8. The molecule has 0 saturated carbocycles. The van der Waals surface area contributed by atoms with E-state index in [1.54, 1.807) is 6.33 Å². The molecule has 43 heavy (non-hydrogen) atoms. The van der Waals surface area contributed by atoms with Crippen LogP contribution in [-0.4, -0.2) is 22.2 Å². The number of aromatic nitrogens is 3. The van der Waals surface area contributed by atoms with Crippen molar-refractivity contribution in [1.82, 2.24) is 14.4 Å². The first-order valence-corrected chi connectivity index (χ1v) is 15.4. The summed E-state index contributed by atoms with van der Waals surface area (Å²) in [5, 5.41) is 7.62. The third-order valence-corrected chi connectivity index (χ3v) is 8.83. The molecule has 0 radical (unpaired) electrons. The Balaban J connectivity index is 1.64. The molecule has 3 nitrogen and oxygen atoms in total. The van der Waals surface area contributed by atoms with E-state index in [1.165, 1.54) is 65.7 Å². The Kier molecular flexibility index (Phi) is 5.51. The normalized spacial score (nSPS) is 13.0. The monoisotopic (exact) mass is 557 g/mol. The average Bonchev–Trinajstić information content (AvgIpc) is 3.31. The maximum absolute atomic E-state index is 5.04. The van der Waals surface area contributed by atoms with Crippen LogP contribution in [0.2, 0.25) is 5.31 Å². The summed E-state index contributed by atoms with van der Waals surface area (Å²) in [6, 6.07) is 31.5. The number of benzene rings is 5. The molecule has 3 heterocycles. The quantitative estimate of drug-likeness (QED) is 0.123. The van der Waals surface area contributed by atoms with E-state index in [2.05, 4.69) is 132 Å². The molecule has 8 rings (SSSR count). The molecule has 3 aromatic heterocycles. The van der Waals surface area contributed by atoms with Crippen molar-refractivity contribution in [1.29, 1.82) is 0 Å². The highest BCUT2D eigenvalue weighted by atomic mass is 14.9. The zero-order valence-electron chi connectivity index (χ0n) is 25.9. The van der Waals surface area contributed by atoms with Gasteiger partial charge >= 0.3 is 0 Å². The van der Waals surface area contributed by atoms with E-state index >= 15 is 0 Å². The van der Waals surface area contributed by atoms with Crippen LogP contribution in [0.5, 0.6) is 0 Å². The van der Waals surface area contributed by atoms with Crippen LogP contribution in [0.4, 0.5) is 0 Å². The summed E-state index contributed by atoms with van der Waals surface area (Å²) < 4.78 is 2.55. The second kappa shape index (κ2) is 9.03. The summed E-state index contributed by atoms with van der Waals surface area (Å²) in [6.45, 7) is 11.6. The lowest BCUT2D eigenvalue weighted by molar-refractivity contribution is 0.411. The van der Waals surface area contributed by atoms with Crippen molar-refractivity contribution in [3.05, 3.63) is 102 Å². The second-order valence-corrected chi connectivity index (χ2v) is 14.8. The Morgan fingerprint density at radius 2 is 1.47 bits per heavy atom. The van der Waals surface area contributed by atoms with Crippen LogP contribution >= 0.6 is 0 Å². The molecule has 0 N–H and O–H groups in total. The van der Waals surface area contributed by atoms with Gasteiger partial charge in [-0.1, -0.05) is 107 Å². The maximum atomic E-state index is 5.04. The van der Waals surface area contributed by atoms with Crippen LogP contribution in [-0.2, 0) is 12.8 Å². The molecule has 0 amide bonds. The minimum absolute atomic E-state index is 0.0986. The van der Waals surface area contributed by atoms with Crippen LogP contribution in [0, 0.1) is 5.41 Å². The number of rotatable bonds is 4. The first-order chi connectivity index (χ1) is 20.6. The lowest BCUT2D eigenvalue weighted by Gasteiger charge is -2.24. The predicted octanol–water partition coefficient (Wildman–Crippen LogP) is 9.56. The van der Waals surface area contributed by atoms with Crippen molar-refractivity contribution in [3.8, 4) is 11.1 Å². The van der Waals surface area contributed by atoms with E-state index in [-0.39, 0.29) is 10.7 Å². The molecule has 5 aromatic carbocycles. The Labute approximate surface area is 253 Å². The van der Waals surface area contributed by atoms with E-state index in [0.29, 0.717) is 0 Å². The van der Waals surface area contributed by atoms with Gasteiger partial charge in [-0.3, -0.25) is 0 Å². The highest BCUT2D eigenvalue weighted by Gasteiger charge is 2.26. The van der Waals surface area contributed by atoms with Gasteiger partial charge in [0.05, 0.1) is 33.0 Å². The highest BCUT2D eigenvalue weighted by molar-refractivity contribution is 6.31. The molecular weight excluding hydrogens is 521 g/mol. The fraction of sp³-hybridized carbons (Fsp3) is 0.231. The summed E-state index contributed by atoms with van der Waals surface area (Å²) in [5.41, 5.74) is 11.2. The molecule has 0 unspecified atom stereocenters. The van der Waals surface area contributed by atoms with Crippen molar-refractivity contribution in [3.63, 3.8) is 0 Å². The van der Waals surface area contributed by atoms with Crippen molar-refractivity contribution < 1.29 is 0 Å². The summed E-state index contributed by atoms with van der Waals surface area (Å²) in [5.74, 6) is 0. The number of fused-ring (bicyclic) bond motifs is 7. The van der Waals surface area contributed by atoms with E-state index in [1.807, 2.05) is 0 Å². The highest BCUT2D eigenvalue weighted by Crippen LogP contribution is 2.47.